The summed E-state index contributed by atoms with van der Waals surface area (Å²) in [5.41, 5.74) is 1.71. The van der Waals surface area contributed by atoms with E-state index >= 15 is 0 Å². The lowest BCUT2D eigenvalue weighted by atomic mass is 10.1. The molecule has 0 bridgehead atoms. The molecular weight excluding hydrogens is 351 g/mol. The van der Waals surface area contributed by atoms with E-state index in [0.29, 0.717) is 27.5 Å². The number of carbonyl (C=O) groups is 2. The Morgan fingerprint density at radius 2 is 1.88 bits per heavy atom. The lowest BCUT2D eigenvalue weighted by Crippen LogP contribution is -1.98. The molecule has 6 heteroatoms. The Morgan fingerprint density at radius 1 is 1.12 bits per heavy atom. The van der Waals surface area contributed by atoms with E-state index in [0.717, 1.165) is 6.08 Å². The summed E-state index contributed by atoms with van der Waals surface area (Å²) in [7, 11) is 0. The van der Waals surface area contributed by atoms with E-state index in [1.165, 1.54) is 18.2 Å². The molecule has 2 aromatic rings. The van der Waals surface area contributed by atoms with Crippen molar-refractivity contribution in [2.75, 3.05) is 0 Å². The number of carboxylic acids is 1. The van der Waals surface area contributed by atoms with Crippen molar-refractivity contribution in [1.29, 1.82) is 0 Å². The van der Waals surface area contributed by atoms with Crippen LogP contribution in [0.25, 0.3) is 12.2 Å². The van der Waals surface area contributed by atoms with Crippen molar-refractivity contribution in [3.05, 3.63) is 75.0 Å². The Labute approximate surface area is 147 Å². The molecule has 1 heterocycles. The van der Waals surface area contributed by atoms with Crippen LogP contribution in [0.3, 0.4) is 0 Å². The van der Waals surface area contributed by atoms with E-state index in [-0.39, 0.29) is 16.6 Å². The molecule has 4 nitrogen and oxygen atoms in total. The number of hydrogen-bond acceptors (Lipinski definition) is 3. The summed E-state index contributed by atoms with van der Waals surface area (Å²) in [5, 5.41) is 9.30. The van der Waals surface area contributed by atoms with Gasteiger partial charge in [-0.1, -0.05) is 41.4 Å². The van der Waals surface area contributed by atoms with Crippen LogP contribution < -0.4 is 4.74 Å². The van der Waals surface area contributed by atoms with Gasteiger partial charge in [0.1, 0.15) is 0 Å². The van der Waals surface area contributed by atoms with Crippen LogP contribution >= 0.6 is 23.2 Å². The van der Waals surface area contributed by atoms with Gasteiger partial charge in [0, 0.05) is 11.1 Å². The average Bonchev–Trinajstić information content (AvgIpc) is 2.83. The summed E-state index contributed by atoms with van der Waals surface area (Å²) in [6.07, 6.45) is 4.08. The van der Waals surface area contributed by atoms with Crippen LogP contribution in [-0.4, -0.2) is 16.9 Å². The highest BCUT2D eigenvalue weighted by atomic mass is 35.5. The van der Waals surface area contributed by atoms with E-state index in [1.807, 2.05) is 0 Å². The summed E-state index contributed by atoms with van der Waals surface area (Å²) in [6, 6.07) is 10.0. The second-order valence-electron chi connectivity index (χ2n) is 5.05. The Kier molecular flexibility index (Phi) is 4.42. The summed E-state index contributed by atoms with van der Waals surface area (Å²) >= 11 is 12.0. The Morgan fingerprint density at radius 3 is 2.62 bits per heavy atom. The van der Waals surface area contributed by atoms with Crippen LogP contribution in [0.5, 0.6) is 5.75 Å². The quantitative estimate of drug-likeness (QED) is 0.805. The normalized spacial score (nSPS) is 14.9. The van der Waals surface area contributed by atoms with Crippen LogP contribution in [0.4, 0.5) is 0 Å². The van der Waals surface area contributed by atoms with Crippen molar-refractivity contribution in [1.82, 2.24) is 0 Å². The number of Topliss-reactive ketones (excluding diaryl/α,β-unsaturated/α-hetero) is 1. The SMILES string of the molecule is O=C(O)C=Cc1cccc(C=C2Oc3c(Cl)cc(Cl)cc3C2=O)c1. The van der Waals surface area contributed by atoms with Crippen LogP contribution in [0.15, 0.2) is 48.2 Å². The molecule has 120 valence electrons. The first-order valence-electron chi connectivity index (χ1n) is 6.88. The molecule has 24 heavy (non-hydrogen) atoms. The third-order valence-corrected chi connectivity index (χ3v) is 3.81. The van der Waals surface area contributed by atoms with Gasteiger partial charge in [-0.05, 0) is 41.5 Å². The Balaban J connectivity index is 1.94. The third kappa shape index (κ3) is 3.35. The van der Waals surface area contributed by atoms with Crippen LogP contribution in [0.1, 0.15) is 21.5 Å². The molecule has 3 rings (SSSR count). The lowest BCUT2D eigenvalue weighted by Gasteiger charge is -2.01. The zero-order valence-corrected chi connectivity index (χ0v) is 13.6. The summed E-state index contributed by atoms with van der Waals surface area (Å²) in [4.78, 5) is 23.0. The zero-order valence-electron chi connectivity index (χ0n) is 12.1. The minimum Gasteiger partial charge on any atom is -0.478 e. The minimum absolute atomic E-state index is 0.133. The highest BCUT2D eigenvalue weighted by Gasteiger charge is 2.29. The molecule has 1 aliphatic heterocycles. The lowest BCUT2D eigenvalue weighted by molar-refractivity contribution is -0.131. The summed E-state index contributed by atoms with van der Waals surface area (Å²) in [5.74, 6) is -0.913. The van der Waals surface area contributed by atoms with Gasteiger partial charge in [-0.25, -0.2) is 4.79 Å². The van der Waals surface area contributed by atoms with Crippen LogP contribution in [-0.2, 0) is 4.79 Å². The van der Waals surface area contributed by atoms with Gasteiger partial charge < -0.3 is 9.84 Å². The van der Waals surface area contributed by atoms with Gasteiger partial charge in [-0.2, -0.15) is 0 Å². The first-order valence-corrected chi connectivity index (χ1v) is 7.64. The number of ether oxygens (including phenoxy) is 1. The fourth-order valence-corrected chi connectivity index (χ4v) is 2.82. The monoisotopic (exact) mass is 360 g/mol. The van der Waals surface area contributed by atoms with Crippen molar-refractivity contribution in [2.45, 2.75) is 0 Å². The fraction of sp³-hybridized carbons (Fsp3) is 0. The van der Waals surface area contributed by atoms with Gasteiger partial charge in [0.15, 0.2) is 11.5 Å². The molecule has 2 aromatic carbocycles. The summed E-state index contributed by atoms with van der Waals surface area (Å²) in [6.45, 7) is 0. The average molecular weight is 361 g/mol. The maximum absolute atomic E-state index is 12.4. The number of benzene rings is 2. The number of carbonyl (C=O) groups excluding carboxylic acids is 1. The van der Waals surface area contributed by atoms with Crippen molar-refractivity contribution >= 4 is 47.1 Å². The molecule has 1 aliphatic rings. The smallest absolute Gasteiger partial charge is 0.328 e. The number of halogens is 2. The molecule has 0 fully saturated rings. The molecule has 0 saturated heterocycles. The summed E-state index contributed by atoms with van der Waals surface area (Å²) < 4.78 is 5.56. The highest BCUT2D eigenvalue weighted by molar-refractivity contribution is 6.37. The molecule has 1 N–H and O–H groups in total. The van der Waals surface area contributed by atoms with Gasteiger partial charge >= 0.3 is 5.97 Å². The maximum Gasteiger partial charge on any atom is 0.328 e. The predicted molar refractivity (Wildman–Crippen MR) is 92.5 cm³/mol. The van der Waals surface area contributed by atoms with E-state index in [9.17, 15) is 9.59 Å². The van der Waals surface area contributed by atoms with Crippen molar-refractivity contribution in [3.63, 3.8) is 0 Å². The van der Waals surface area contributed by atoms with Crippen molar-refractivity contribution in [3.8, 4) is 5.75 Å². The number of rotatable bonds is 3. The van der Waals surface area contributed by atoms with E-state index in [2.05, 4.69) is 0 Å². The van der Waals surface area contributed by atoms with E-state index < -0.39 is 5.97 Å². The minimum atomic E-state index is -1.03. The molecule has 0 unspecified atom stereocenters. The van der Waals surface area contributed by atoms with Gasteiger partial charge in [-0.15, -0.1) is 0 Å². The molecule has 0 aliphatic carbocycles. The van der Waals surface area contributed by atoms with Gasteiger partial charge in [0.05, 0.1) is 10.6 Å². The number of fused-ring (bicyclic) bond motifs is 1. The highest BCUT2D eigenvalue weighted by Crippen LogP contribution is 2.40. The number of carboxylic acid groups (broad SMARTS) is 1. The standard InChI is InChI=1S/C18H10Cl2O4/c19-12-8-13-17(23)15(24-18(13)14(20)9-12)7-11-3-1-2-10(6-11)4-5-16(21)22/h1-9H,(H,21,22). The van der Waals surface area contributed by atoms with Crippen molar-refractivity contribution in [2.24, 2.45) is 0 Å². The molecule has 0 radical (unpaired) electrons. The zero-order chi connectivity index (χ0) is 17.3. The number of hydrogen-bond donors (Lipinski definition) is 1. The first-order chi connectivity index (χ1) is 11.4. The molecule has 0 spiro atoms. The van der Waals surface area contributed by atoms with Gasteiger partial charge in [0.2, 0.25) is 5.78 Å². The molecule has 0 atom stereocenters. The third-order valence-electron chi connectivity index (χ3n) is 3.32. The first kappa shape index (κ1) is 16.3. The largest absolute Gasteiger partial charge is 0.478 e. The molecule has 0 amide bonds. The number of allylic oxidation sites excluding steroid dienone is 1. The topological polar surface area (TPSA) is 63.6 Å². The number of ketones is 1. The Hall–Kier alpha value is -2.56. The predicted octanol–water partition coefficient (Wildman–Crippen LogP) is 4.71. The van der Waals surface area contributed by atoms with Crippen LogP contribution in [0, 0.1) is 0 Å². The second-order valence-corrected chi connectivity index (χ2v) is 5.89. The molecule has 0 aromatic heterocycles. The van der Waals surface area contributed by atoms with Crippen LogP contribution in [0.2, 0.25) is 10.0 Å². The van der Waals surface area contributed by atoms with Gasteiger partial charge in [-0.3, -0.25) is 4.79 Å². The second kappa shape index (κ2) is 6.51. The van der Waals surface area contributed by atoms with E-state index in [4.69, 9.17) is 33.0 Å². The fourth-order valence-electron chi connectivity index (χ4n) is 2.29. The molecular formula is C18H10Cl2O4. The number of aliphatic carboxylic acids is 1. The van der Waals surface area contributed by atoms with E-state index in [1.54, 1.807) is 30.3 Å². The molecule has 0 saturated carbocycles. The van der Waals surface area contributed by atoms with Crippen molar-refractivity contribution < 1.29 is 19.4 Å². The van der Waals surface area contributed by atoms with Gasteiger partial charge in [0.25, 0.3) is 0 Å². The Bertz CT molecular complexity index is 913. The maximum atomic E-state index is 12.4.